The van der Waals surface area contributed by atoms with Crippen LogP contribution >= 0.6 is 0 Å². The number of nitrogens with zero attached hydrogens (tertiary/aromatic N) is 3. The molecule has 0 radical (unpaired) electrons. The van der Waals surface area contributed by atoms with E-state index in [9.17, 15) is 4.79 Å². The molecule has 34 heavy (non-hydrogen) atoms. The van der Waals surface area contributed by atoms with Crippen LogP contribution in [0.4, 0.5) is 5.82 Å². The van der Waals surface area contributed by atoms with Gasteiger partial charge in [-0.2, -0.15) is 0 Å². The second-order valence-corrected chi connectivity index (χ2v) is 8.42. The number of aromatic amines is 1. The minimum Gasteiger partial charge on any atom is -0.371 e. The lowest BCUT2D eigenvalue weighted by Gasteiger charge is -2.13. The molecule has 2 aromatic carbocycles. The van der Waals surface area contributed by atoms with Gasteiger partial charge in [0.05, 0.1) is 17.9 Å². The van der Waals surface area contributed by atoms with Crippen LogP contribution in [0.1, 0.15) is 11.1 Å². The Labute approximate surface area is 197 Å². The van der Waals surface area contributed by atoms with Crippen LogP contribution in [0.15, 0.2) is 67.0 Å². The first-order chi connectivity index (χ1) is 16.5. The van der Waals surface area contributed by atoms with E-state index in [2.05, 4.69) is 32.7 Å². The molecule has 8 nitrogen and oxygen atoms in total. The van der Waals surface area contributed by atoms with Crippen molar-refractivity contribution in [2.45, 2.75) is 19.0 Å². The van der Waals surface area contributed by atoms with Crippen LogP contribution < -0.4 is 16.4 Å². The SMILES string of the molecule is CNc1nc2[nH]c(-c3cccc(CNC(=O)[C@@H](N)Cc4ccccc4)c3)cc2c2c1ncn2C. The fourth-order valence-electron chi connectivity index (χ4n) is 4.26. The van der Waals surface area contributed by atoms with Crippen molar-refractivity contribution < 1.29 is 4.79 Å². The Morgan fingerprint density at radius 3 is 2.71 bits per heavy atom. The number of nitrogens with two attached hydrogens (primary N) is 1. The Morgan fingerprint density at radius 1 is 1.12 bits per heavy atom. The fraction of sp³-hybridized carbons (Fsp3) is 0.192. The number of carbonyl (C=O) groups is 1. The Bertz CT molecular complexity index is 1470. The molecular weight excluding hydrogens is 426 g/mol. The molecule has 0 spiro atoms. The quantitative estimate of drug-likeness (QED) is 0.302. The monoisotopic (exact) mass is 453 g/mol. The molecule has 172 valence electrons. The number of H-pyrrole nitrogens is 1. The molecule has 3 heterocycles. The van der Waals surface area contributed by atoms with E-state index in [1.54, 1.807) is 6.33 Å². The third kappa shape index (κ3) is 4.11. The summed E-state index contributed by atoms with van der Waals surface area (Å²) in [5.41, 5.74) is 12.8. The van der Waals surface area contributed by atoms with E-state index in [-0.39, 0.29) is 5.91 Å². The van der Waals surface area contributed by atoms with Crippen LogP contribution in [0.5, 0.6) is 0 Å². The predicted molar refractivity (Wildman–Crippen MR) is 135 cm³/mol. The molecule has 3 aromatic heterocycles. The van der Waals surface area contributed by atoms with Crippen molar-refractivity contribution >= 4 is 33.8 Å². The molecule has 0 unspecified atom stereocenters. The van der Waals surface area contributed by atoms with Crippen molar-refractivity contribution in [1.82, 2.24) is 24.8 Å². The van der Waals surface area contributed by atoms with Crippen LogP contribution in [0, 0.1) is 0 Å². The van der Waals surface area contributed by atoms with Gasteiger partial charge in [0, 0.05) is 31.7 Å². The van der Waals surface area contributed by atoms with E-state index in [0.29, 0.717) is 13.0 Å². The average Bonchev–Trinajstić information content (AvgIpc) is 3.46. The maximum Gasteiger partial charge on any atom is 0.237 e. The number of imidazole rings is 1. The number of carbonyl (C=O) groups excluding carboxylic acids is 1. The Morgan fingerprint density at radius 2 is 1.91 bits per heavy atom. The normalized spacial score (nSPS) is 12.2. The molecule has 8 heteroatoms. The van der Waals surface area contributed by atoms with Gasteiger partial charge >= 0.3 is 0 Å². The third-order valence-corrected chi connectivity index (χ3v) is 6.01. The number of anilines is 1. The molecule has 5 N–H and O–H groups in total. The largest absolute Gasteiger partial charge is 0.371 e. The third-order valence-electron chi connectivity index (χ3n) is 6.01. The van der Waals surface area contributed by atoms with E-state index in [0.717, 1.165) is 50.3 Å². The van der Waals surface area contributed by atoms with Crippen LogP contribution in [-0.4, -0.2) is 38.5 Å². The van der Waals surface area contributed by atoms with E-state index in [4.69, 9.17) is 10.7 Å². The molecule has 0 saturated heterocycles. The van der Waals surface area contributed by atoms with Gasteiger partial charge in [0.25, 0.3) is 0 Å². The first-order valence-corrected chi connectivity index (χ1v) is 11.2. The zero-order chi connectivity index (χ0) is 23.7. The van der Waals surface area contributed by atoms with Crippen molar-refractivity contribution in [2.75, 3.05) is 12.4 Å². The zero-order valence-corrected chi connectivity index (χ0v) is 19.2. The topological polar surface area (TPSA) is 114 Å². The van der Waals surface area contributed by atoms with Crippen molar-refractivity contribution in [3.05, 3.63) is 78.1 Å². The van der Waals surface area contributed by atoms with Crippen LogP contribution in [-0.2, 0) is 24.8 Å². The minimum absolute atomic E-state index is 0.165. The second-order valence-electron chi connectivity index (χ2n) is 8.42. The lowest BCUT2D eigenvalue weighted by atomic mass is 10.1. The van der Waals surface area contributed by atoms with Gasteiger partial charge in [-0.3, -0.25) is 4.79 Å². The average molecular weight is 454 g/mol. The van der Waals surface area contributed by atoms with E-state index in [1.807, 2.05) is 67.2 Å². The first-order valence-electron chi connectivity index (χ1n) is 11.2. The van der Waals surface area contributed by atoms with Gasteiger partial charge in [0.1, 0.15) is 11.2 Å². The highest BCUT2D eigenvalue weighted by Gasteiger charge is 2.16. The number of nitrogens with one attached hydrogen (secondary N) is 3. The molecule has 5 rings (SSSR count). The summed E-state index contributed by atoms with van der Waals surface area (Å²) in [6.45, 7) is 0.406. The van der Waals surface area contributed by atoms with Gasteiger partial charge in [0.15, 0.2) is 5.82 Å². The molecule has 0 aliphatic heterocycles. The smallest absolute Gasteiger partial charge is 0.237 e. The van der Waals surface area contributed by atoms with E-state index in [1.165, 1.54) is 0 Å². The number of aryl methyl sites for hydroxylation is 1. The van der Waals surface area contributed by atoms with Gasteiger partial charge in [0.2, 0.25) is 5.91 Å². The number of amides is 1. The standard InChI is InChI=1S/C26H27N7O/c1-28-25-22-23(33(2)15-30-22)19-13-21(31-24(19)32-25)18-10-6-9-17(11-18)14-29-26(34)20(27)12-16-7-4-3-5-8-16/h3-11,13,15,20H,12,14,27H2,1-2H3,(H,29,34)(H2,28,31,32)/t20-/m0/s1. The summed E-state index contributed by atoms with van der Waals surface area (Å²) in [7, 11) is 3.82. The van der Waals surface area contributed by atoms with Crippen molar-refractivity contribution in [1.29, 1.82) is 0 Å². The minimum atomic E-state index is -0.590. The first kappa shape index (κ1) is 21.7. The molecule has 5 aromatic rings. The maximum absolute atomic E-state index is 12.5. The number of hydrogen-bond acceptors (Lipinski definition) is 5. The summed E-state index contributed by atoms with van der Waals surface area (Å²) in [5, 5.41) is 7.10. The molecule has 0 bridgehead atoms. The van der Waals surface area contributed by atoms with Crippen molar-refractivity contribution in [3.63, 3.8) is 0 Å². The molecule has 0 fully saturated rings. The summed E-state index contributed by atoms with van der Waals surface area (Å²) in [6, 6.07) is 19.4. The van der Waals surface area contributed by atoms with Crippen molar-refractivity contribution in [3.8, 4) is 11.3 Å². The Hall–Kier alpha value is -4.17. The number of hydrogen-bond donors (Lipinski definition) is 4. The van der Waals surface area contributed by atoms with E-state index >= 15 is 0 Å². The van der Waals surface area contributed by atoms with Gasteiger partial charge in [-0.1, -0.05) is 48.5 Å². The van der Waals surface area contributed by atoms with Gasteiger partial charge in [-0.15, -0.1) is 0 Å². The number of aromatic nitrogens is 4. The second kappa shape index (κ2) is 8.99. The van der Waals surface area contributed by atoms with Gasteiger partial charge in [-0.05, 0) is 35.2 Å². The lowest BCUT2D eigenvalue weighted by Crippen LogP contribution is -2.41. The lowest BCUT2D eigenvalue weighted by molar-refractivity contribution is -0.122. The molecule has 1 amide bonds. The molecular formula is C26H27N7O. The Balaban J connectivity index is 1.35. The van der Waals surface area contributed by atoms with Gasteiger partial charge in [-0.25, -0.2) is 9.97 Å². The summed E-state index contributed by atoms with van der Waals surface area (Å²) >= 11 is 0. The number of rotatable bonds is 7. The van der Waals surface area contributed by atoms with Crippen LogP contribution in [0.2, 0.25) is 0 Å². The van der Waals surface area contributed by atoms with Crippen LogP contribution in [0.3, 0.4) is 0 Å². The maximum atomic E-state index is 12.5. The summed E-state index contributed by atoms with van der Waals surface area (Å²) < 4.78 is 2.00. The summed E-state index contributed by atoms with van der Waals surface area (Å²) in [5.74, 6) is 0.571. The highest BCUT2D eigenvalue weighted by molar-refractivity contribution is 6.07. The number of fused-ring (bicyclic) bond motifs is 3. The molecule has 0 aliphatic carbocycles. The predicted octanol–water partition coefficient (Wildman–Crippen LogP) is 3.34. The van der Waals surface area contributed by atoms with Crippen molar-refractivity contribution in [2.24, 2.45) is 12.8 Å². The van der Waals surface area contributed by atoms with Crippen LogP contribution in [0.25, 0.3) is 33.3 Å². The molecule has 0 saturated carbocycles. The fourth-order valence-corrected chi connectivity index (χ4v) is 4.26. The van der Waals surface area contributed by atoms with Gasteiger partial charge < -0.3 is 25.9 Å². The zero-order valence-electron chi connectivity index (χ0n) is 19.2. The number of pyridine rings is 1. The summed E-state index contributed by atoms with van der Waals surface area (Å²) in [4.78, 5) is 25.1. The number of benzene rings is 2. The highest BCUT2D eigenvalue weighted by Crippen LogP contribution is 2.31. The molecule has 1 atom stereocenters. The Kier molecular flexibility index (Phi) is 5.73. The molecule has 0 aliphatic rings. The summed E-state index contributed by atoms with van der Waals surface area (Å²) in [6.07, 6.45) is 2.30. The van der Waals surface area contributed by atoms with E-state index < -0.39 is 6.04 Å². The highest BCUT2D eigenvalue weighted by atomic mass is 16.2.